The predicted molar refractivity (Wildman–Crippen MR) is 84.5 cm³/mol. The Balaban J connectivity index is 2.58. The summed E-state index contributed by atoms with van der Waals surface area (Å²) >= 11 is 3.43. The van der Waals surface area contributed by atoms with Gasteiger partial charge in [-0.3, -0.25) is 4.79 Å². The van der Waals surface area contributed by atoms with Crippen molar-refractivity contribution < 1.29 is 4.79 Å². The molecule has 2 atom stereocenters. The lowest BCUT2D eigenvalue weighted by molar-refractivity contribution is -0.122. The van der Waals surface area contributed by atoms with Crippen molar-refractivity contribution >= 4 is 27.5 Å². The Hall–Kier alpha value is -1.03. The van der Waals surface area contributed by atoms with Crippen molar-refractivity contribution in [2.45, 2.75) is 52.6 Å². The van der Waals surface area contributed by atoms with E-state index >= 15 is 0 Å². The third kappa shape index (κ3) is 5.23. The topological polar surface area (TPSA) is 41.1 Å². The van der Waals surface area contributed by atoms with Crippen molar-refractivity contribution in [2.24, 2.45) is 0 Å². The summed E-state index contributed by atoms with van der Waals surface area (Å²) in [5, 5.41) is 6.27. The average Bonchev–Trinajstić information content (AvgIpc) is 2.32. The lowest BCUT2D eigenvalue weighted by atomic mass is 10.1. The fourth-order valence-corrected chi connectivity index (χ4v) is 2.44. The second-order valence-corrected chi connectivity index (χ2v) is 5.94. The highest BCUT2D eigenvalue weighted by Crippen LogP contribution is 2.20. The van der Waals surface area contributed by atoms with E-state index in [1.807, 2.05) is 39.0 Å². The predicted octanol–water partition coefficient (Wildman–Crippen LogP) is 3.86. The molecule has 0 spiro atoms. The average molecular weight is 327 g/mol. The number of carbonyl (C=O) groups excluding carboxylic acids is 1. The number of rotatable bonds is 6. The Labute approximate surface area is 124 Å². The highest BCUT2D eigenvalue weighted by molar-refractivity contribution is 9.10. The Morgan fingerprint density at radius 1 is 1.37 bits per heavy atom. The molecule has 1 amide bonds. The molecule has 2 N–H and O–H groups in total. The molecule has 0 bridgehead atoms. The van der Waals surface area contributed by atoms with Crippen LogP contribution in [-0.2, 0) is 4.79 Å². The molecule has 0 aliphatic rings. The Kier molecular flexibility index (Phi) is 6.35. The molecule has 1 aromatic carbocycles. The van der Waals surface area contributed by atoms with Crippen LogP contribution in [0.3, 0.4) is 0 Å². The lowest BCUT2D eigenvalue weighted by Gasteiger charge is -2.20. The maximum absolute atomic E-state index is 12.0. The molecule has 0 aliphatic heterocycles. The molecule has 0 aromatic heterocycles. The van der Waals surface area contributed by atoms with Gasteiger partial charge in [0.25, 0.3) is 0 Å². The highest BCUT2D eigenvalue weighted by Gasteiger charge is 2.15. The first-order valence-electron chi connectivity index (χ1n) is 6.77. The monoisotopic (exact) mass is 326 g/mol. The van der Waals surface area contributed by atoms with Crippen LogP contribution in [0.2, 0.25) is 0 Å². The molecule has 3 nitrogen and oxygen atoms in total. The van der Waals surface area contributed by atoms with Gasteiger partial charge in [-0.15, -0.1) is 0 Å². The zero-order chi connectivity index (χ0) is 14.4. The number of benzene rings is 1. The second kappa shape index (κ2) is 7.53. The van der Waals surface area contributed by atoms with E-state index in [9.17, 15) is 4.79 Å². The van der Waals surface area contributed by atoms with Crippen LogP contribution in [0.15, 0.2) is 22.7 Å². The van der Waals surface area contributed by atoms with Crippen LogP contribution in [0.4, 0.5) is 5.69 Å². The van der Waals surface area contributed by atoms with E-state index in [0.29, 0.717) is 0 Å². The number of halogens is 1. The molecule has 106 valence electrons. The van der Waals surface area contributed by atoms with Crippen LogP contribution < -0.4 is 10.6 Å². The van der Waals surface area contributed by atoms with Crippen molar-refractivity contribution in [1.29, 1.82) is 0 Å². The molecule has 4 heteroatoms. The smallest absolute Gasteiger partial charge is 0.242 e. The summed E-state index contributed by atoms with van der Waals surface area (Å²) in [6.07, 6.45) is 2.09. The number of nitrogens with one attached hydrogen (secondary N) is 2. The van der Waals surface area contributed by atoms with E-state index in [4.69, 9.17) is 0 Å². The zero-order valence-electron chi connectivity index (χ0n) is 12.1. The number of hydrogen-bond acceptors (Lipinski definition) is 2. The van der Waals surface area contributed by atoms with Crippen molar-refractivity contribution in [3.8, 4) is 0 Å². The zero-order valence-corrected chi connectivity index (χ0v) is 13.7. The summed E-state index contributed by atoms with van der Waals surface area (Å²) < 4.78 is 1.05. The molecule has 19 heavy (non-hydrogen) atoms. The van der Waals surface area contributed by atoms with Gasteiger partial charge in [-0.25, -0.2) is 0 Å². The van der Waals surface area contributed by atoms with Gasteiger partial charge < -0.3 is 10.6 Å². The first-order chi connectivity index (χ1) is 8.93. The van der Waals surface area contributed by atoms with Crippen LogP contribution in [0.25, 0.3) is 0 Å². The molecule has 0 radical (unpaired) electrons. The first-order valence-corrected chi connectivity index (χ1v) is 7.56. The quantitative estimate of drug-likeness (QED) is 0.833. The largest absolute Gasteiger partial charge is 0.374 e. The lowest BCUT2D eigenvalue weighted by Crippen LogP contribution is -2.42. The van der Waals surface area contributed by atoms with Crippen molar-refractivity contribution in [2.75, 3.05) is 5.32 Å². The number of carbonyl (C=O) groups is 1. The fraction of sp³-hybridized carbons (Fsp3) is 0.533. The number of amides is 1. The molecule has 0 heterocycles. The third-order valence-corrected chi connectivity index (χ3v) is 3.56. The van der Waals surface area contributed by atoms with Gasteiger partial charge in [0.05, 0.1) is 0 Å². The van der Waals surface area contributed by atoms with Crippen molar-refractivity contribution in [3.63, 3.8) is 0 Å². The fourth-order valence-electron chi connectivity index (χ4n) is 1.96. The van der Waals surface area contributed by atoms with Gasteiger partial charge in [0.2, 0.25) is 5.91 Å². The van der Waals surface area contributed by atoms with Crippen LogP contribution in [-0.4, -0.2) is 18.0 Å². The summed E-state index contributed by atoms with van der Waals surface area (Å²) in [6, 6.07) is 5.98. The van der Waals surface area contributed by atoms with Gasteiger partial charge in [-0.2, -0.15) is 0 Å². The van der Waals surface area contributed by atoms with Gasteiger partial charge in [0, 0.05) is 16.2 Å². The van der Waals surface area contributed by atoms with Crippen molar-refractivity contribution in [1.82, 2.24) is 5.32 Å². The van der Waals surface area contributed by atoms with Crippen LogP contribution in [0, 0.1) is 6.92 Å². The minimum absolute atomic E-state index is 0.0447. The molecule has 2 unspecified atom stereocenters. The number of aryl methyl sites for hydroxylation is 1. The Morgan fingerprint density at radius 2 is 2.05 bits per heavy atom. The molecule has 0 fully saturated rings. The number of anilines is 1. The van der Waals surface area contributed by atoms with E-state index in [1.165, 1.54) is 0 Å². The normalized spacial score (nSPS) is 13.7. The molecule has 0 saturated heterocycles. The van der Waals surface area contributed by atoms with Gasteiger partial charge in [-0.05, 0) is 51.0 Å². The maximum atomic E-state index is 12.0. The minimum atomic E-state index is -0.237. The maximum Gasteiger partial charge on any atom is 0.242 e. The van der Waals surface area contributed by atoms with E-state index in [1.54, 1.807) is 0 Å². The Morgan fingerprint density at radius 3 is 2.63 bits per heavy atom. The molecule has 1 rings (SSSR count). The third-order valence-electron chi connectivity index (χ3n) is 3.06. The molecule has 0 saturated carbocycles. The second-order valence-electron chi connectivity index (χ2n) is 5.02. The molecule has 0 aliphatic carbocycles. The summed E-state index contributed by atoms with van der Waals surface area (Å²) in [6.45, 7) is 8.07. The van der Waals surface area contributed by atoms with Crippen molar-refractivity contribution in [3.05, 3.63) is 28.2 Å². The van der Waals surface area contributed by atoms with E-state index in [-0.39, 0.29) is 18.0 Å². The Bertz CT molecular complexity index is 434. The molecular weight excluding hydrogens is 304 g/mol. The van der Waals surface area contributed by atoms with E-state index in [0.717, 1.165) is 28.6 Å². The summed E-state index contributed by atoms with van der Waals surface area (Å²) in [4.78, 5) is 12.0. The summed E-state index contributed by atoms with van der Waals surface area (Å²) in [5.74, 6) is 0.0447. The van der Waals surface area contributed by atoms with E-state index in [2.05, 4.69) is 33.5 Å². The first kappa shape index (κ1) is 16.0. The van der Waals surface area contributed by atoms with E-state index < -0.39 is 0 Å². The summed E-state index contributed by atoms with van der Waals surface area (Å²) in [7, 11) is 0. The molecular formula is C15H23BrN2O. The van der Waals surface area contributed by atoms with Crippen LogP contribution in [0.5, 0.6) is 0 Å². The van der Waals surface area contributed by atoms with Gasteiger partial charge >= 0.3 is 0 Å². The van der Waals surface area contributed by atoms with Crippen LogP contribution in [0.1, 0.15) is 39.2 Å². The highest BCUT2D eigenvalue weighted by atomic mass is 79.9. The minimum Gasteiger partial charge on any atom is -0.374 e. The van der Waals surface area contributed by atoms with Gasteiger partial charge in [0.1, 0.15) is 6.04 Å². The SMILES string of the molecule is CCCC(C)NC(=O)C(C)Nc1ccc(Br)cc1C. The van der Waals surface area contributed by atoms with Gasteiger partial charge in [-0.1, -0.05) is 29.3 Å². The number of hydrogen-bond donors (Lipinski definition) is 2. The van der Waals surface area contributed by atoms with Gasteiger partial charge in [0.15, 0.2) is 0 Å². The molecule has 1 aromatic rings. The summed E-state index contributed by atoms with van der Waals surface area (Å²) in [5.41, 5.74) is 2.12. The standard InChI is InChI=1S/C15H23BrN2O/c1-5-6-11(3)17-15(19)12(4)18-14-8-7-13(16)9-10(14)2/h7-9,11-12,18H,5-6H2,1-4H3,(H,17,19). The van der Waals surface area contributed by atoms with Crippen LogP contribution >= 0.6 is 15.9 Å².